The molecule has 1 aliphatic heterocycles. The molecule has 1 fully saturated rings. The third kappa shape index (κ3) is 4.39. The van der Waals surface area contributed by atoms with E-state index in [0.717, 1.165) is 37.9 Å². The van der Waals surface area contributed by atoms with Crippen molar-refractivity contribution in [1.29, 1.82) is 0 Å². The molecule has 1 saturated heterocycles. The van der Waals surface area contributed by atoms with Crippen LogP contribution in [0.5, 0.6) is 0 Å². The summed E-state index contributed by atoms with van der Waals surface area (Å²) >= 11 is 0. The third-order valence-corrected chi connectivity index (χ3v) is 3.41. The molecule has 1 atom stereocenters. The third-order valence-electron chi connectivity index (χ3n) is 3.41. The molecular weight excluding hydrogens is 240 g/mol. The second-order valence-electron chi connectivity index (χ2n) is 4.96. The zero-order chi connectivity index (χ0) is 13.5. The highest BCUT2D eigenvalue weighted by molar-refractivity contribution is 5.90. The van der Waals surface area contributed by atoms with Gasteiger partial charge in [-0.3, -0.25) is 9.59 Å². The first-order valence-electron chi connectivity index (χ1n) is 6.88. The number of amides is 2. The first kappa shape index (κ1) is 13.6. The molecule has 0 spiro atoms. The summed E-state index contributed by atoms with van der Waals surface area (Å²) in [4.78, 5) is 22.7. The number of hydrogen-bond acceptors (Lipinski definition) is 2. The Morgan fingerprint density at radius 2 is 2.00 bits per heavy atom. The van der Waals surface area contributed by atoms with Gasteiger partial charge < -0.3 is 10.6 Å². The van der Waals surface area contributed by atoms with Crippen LogP contribution in [0, 0.1) is 5.92 Å². The van der Waals surface area contributed by atoms with Crippen LogP contribution in [-0.2, 0) is 9.59 Å². The fourth-order valence-corrected chi connectivity index (χ4v) is 2.16. The number of hydrogen-bond donors (Lipinski definition) is 2. The normalized spacial score (nSPS) is 17.5. The average Bonchev–Trinajstić information content (AvgIpc) is 2.42. The summed E-state index contributed by atoms with van der Waals surface area (Å²) in [5.74, 6) is 0.465. The average molecular weight is 260 g/mol. The molecule has 0 radical (unpaired) electrons. The number of nitrogens with one attached hydrogen (secondary N) is 2. The van der Waals surface area contributed by atoms with Crippen LogP contribution in [0.2, 0.25) is 0 Å². The maximum atomic E-state index is 11.7. The smallest absolute Gasteiger partial charge is 0.224 e. The summed E-state index contributed by atoms with van der Waals surface area (Å²) in [7, 11) is 0. The number of anilines is 1. The van der Waals surface area contributed by atoms with Crippen molar-refractivity contribution in [3.05, 3.63) is 30.3 Å². The highest BCUT2D eigenvalue weighted by Crippen LogP contribution is 2.15. The van der Waals surface area contributed by atoms with Crippen LogP contribution in [-0.4, -0.2) is 18.4 Å². The molecule has 0 saturated carbocycles. The predicted molar refractivity (Wildman–Crippen MR) is 74.7 cm³/mol. The number of benzene rings is 1. The van der Waals surface area contributed by atoms with E-state index in [1.54, 1.807) is 0 Å². The first-order valence-corrected chi connectivity index (χ1v) is 6.88. The zero-order valence-corrected chi connectivity index (χ0v) is 11.0. The fraction of sp³-hybridized carbons (Fsp3) is 0.467. The van der Waals surface area contributed by atoms with Crippen LogP contribution in [0.15, 0.2) is 30.3 Å². The Morgan fingerprint density at radius 3 is 2.63 bits per heavy atom. The molecule has 2 rings (SSSR count). The lowest BCUT2D eigenvalue weighted by molar-refractivity contribution is -0.131. The molecule has 1 aliphatic rings. The van der Waals surface area contributed by atoms with Crippen molar-refractivity contribution >= 4 is 17.5 Å². The van der Waals surface area contributed by atoms with Gasteiger partial charge >= 0.3 is 0 Å². The van der Waals surface area contributed by atoms with E-state index < -0.39 is 0 Å². The highest BCUT2D eigenvalue weighted by Gasteiger charge is 2.26. The molecule has 0 bridgehead atoms. The molecule has 19 heavy (non-hydrogen) atoms. The van der Waals surface area contributed by atoms with Gasteiger partial charge in [0.05, 0.1) is 5.92 Å². The van der Waals surface area contributed by atoms with Crippen molar-refractivity contribution in [2.45, 2.75) is 32.1 Å². The van der Waals surface area contributed by atoms with Crippen LogP contribution in [0.1, 0.15) is 32.1 Å². The molecule has 4 heteroatoms. The van der Waals surface area contributed by atoms with Gasteiger partial charge in [-0.25, -0.2) is 0 Å². The molecule has 1 aromatic carbocycles. The largest absolute Gasteiger partial charge is 0.355 e. The SMILES string of the molecule is O=C(CCCCCC1CNC1=O)Nc1ccccc1. The number of carbonyl (C=O) groups is 2. The lowest BCUT2D eigenvalue weighted by Crippen LogP contribution is -2.48. The van der Waals surface area contributed by atoms with Gasteiger partial charge in [-0.1, -0.05) is 31.0 Å². The van der Waals surface area contributed by atoms with Gasteiger partial charge in [0.15, 0.2) is 0 Å². The molecule has 1 heterocycles. The Morgan fingerprint density at radius 1 is 1.21 bits per heavy atom. The molecule has 1 aromatic rings. The van der Waals surface area contributed by atoms with Gasteiger partial charge in [0.25, 0.3) is 0 Å². The summed E-state index contributed by atoms with van der Waals surface area (Å²) in [6.07, 6.45) is 4.41. The van der Waals surface area contributed by atoms with Gasteiger partial charge in [-0.05, 0) is 25.0 Å². The zero-order valence-electron chi connectivity index (χ0n) is 11.0. The number of carbonyl (C=O) groups excluding carboxylic acids is 2. The molecule has 0 aliphatic carbocycles. The van der Waals surface area contributed by atoms with E-state index in [0.29, 0.717) is 6.42 Å². The first-order chi connectivity index (χ1) is 9.25. The minimum atomic E-state index is 0.0626. The van der Waals surface area contributed by atoms with Crippen molar-refractivity contribution in [2.24, 2.45) is 5.92 Å². The topological polar surface area (TPSA) is 58.2 Å². The molecule has 0 aromatic heterocycles. The Hall–Kier alpha value is -1.84. The van der Waals surface area contributed by atoms with E-state index in [1.165, 1.54) is 0 Å². The van der Waals surface area contributed by atoms with Crippen LogP contribution in [0.4, 0.5) is 5.69 Å². The lowest BCUT2D eigenvalue weighted by atomic mass is 9.95. The van der Waals surface area contributed by atoms with E-state index in [-0.39, 0.29) is 17.7 Å². The van der Waals surface area contributed by atoms with E-state index in [2.05, 4.69) is 10.6 Å². The van der Waals surface area contributed by atoms with Gasteiger partial charge in [0, 0.05) is 18.7 Å². The highest BCUT2D eigenvalue weighted by atomic mass is 16.2. The Labute approximate surface area is 113 Å². The summed E-state index contributed by atoms with van der Waals surface area (Å²) in [5, 5.41) is 5.61. The predicted octanol–water partition coefficient (Wildman–Crippen LogP) is 2.32. The van der Waals surface area contributed by atoms with E-state index in [4.69, 9.17) is 0 Å². The van der Waals surface area contributed by atoms with Crippen LogP contribution in [0.25, 0.3) is 0 Å². The van der Waals surface area contributed by atoms with Crippen LogP contribution >= 0.6 is 0 Å². The van der Waals surface area contributed by atoms with Gasteiger partial charge in [-0.15, -0.1) is 0 Å². The minimum Gasteiger partial charge on any atom is -0.355 e. The maximum Gasteiger partial charge on any atom is 0.224 e. The van der Waals surface area contributed by atoms with Crippen LogP contribution in [0.3, 0.4) is 0 Å². The van der Waals surface area contributed by atoms with Gasteiger partial charge in [0.2, 0.25) is 11.8 Å². The maximum absolute atomic E-state index is 11.7. The lowest BCUT2D eigenvalue weighted by Gasteiger charge is -2.25. The van der Waals surface area contributed by atoms with Crippen molar-refractivity contribution in [2.75, 3.05) is 11.9 Å². The number of rotatable bonds is 7. The summed E-state index contributed by atoms with van der Waals surface area (Å²) in [6.45, 7) is 0.827. The number of para-hydroxylation sites is 1. The second kappa shape index (κ2) is 6.92. The van der Waals surface area contributed by atoms with Gasteiger partial charge in [0.1, 0.15) is 0 Å². The quantitative estimate of drug-likeness (QED) is 0.584. The molecule has 2 amide bonds. The molecule has 4 nitrogen and oxygen atoms in total. The van der Waals surface area contributed by atoms with E-state index in [1.807, 2.05) is 30.3 Å². The number of β-lactam (4-membered cyclic amide) rings is 1. The molecule has 2 N–H and O–H groups in total. The van der Waals surface area contributed by atoms with Crippen molar-refractivity contribution in [1.82, 2.24) is 5.32 Å². The Kier molecular flexibility index (Phi) is 4.95. The molecule has 102 valence electrons. The monoisotopic (exact) mass is 260 g/mol. The second-order valence-corrected chi connectivity index (χ2v) is 4.96. The molecular formula is C15H20N2O2. The van der Waals surface area contributed by atoms with Crippen molar-refractivity contribution < 1.29 is 9.59 Å². The van der Waals surface area contributed by atoms with Gasteiger partial charge in [-0.2, -0.15) is 0 Å². The fourth-order valence-electron chi connectivity index (χ4n) is 2.16. The summed E-state index contributed by atoms with van der Waals surface area (Å²) in [5.41, 5.74) is 0.846. The van der Waals surface area contributed by atoms with E-state index in [9.17, 15) is 9.59 Å². The number of unbranched alkanes of at least 4 members (excludes halogenated alkanes) is 2. The summed E-state index contributed by atoms with van der Waals surface area (Å²) < 4.78 is 0. The minimum absolute atomic E-state index is 0.0626. The Balaban J connectivity index is 1.53. The van der Waals surface area contributed by atoms with Crippen molar-refractivity contribution in [3.8, 4) is 0 Å². The standard InChI is InChI=1S/C15H20N2O2/c18-14(17-13-8-4-2-5-9-13)10-6-1-3-7-12-11-16-15(12)19/h2,4-5,8-9,12H,1,3,6-7,10-11H2,(H,16,19)(H,17,18). The van der Waals surface area contributed by atoms with E-state index >= 15 is 0 Å². The van der Waals surface area contributed by atoms with Crippen molar-refractivity contribution in [3.63, 3.8) is 0 Å². The molecule has 1 unspecified atom stereocenters. The van der Waals surface area contributed by atoms with Crippen LogP contribution < -0.4 is 10.6 Å². The summed E-state index contributed by atoms with van der Waals surface area (Å²) in [6, 6.07) is 9.49. The Bertz CT molecular complexity index is 431.